The average molecular weight is 301 g/mol. The standard InChI is InChI=1S/C20H31NO/c1-14-7-11-21-16(14)12-17-18(3)8-5-6-15(2)20(18,13-22)10-9-19(17,21)4/h6-7,16-17,22H,5,8-13H2,1-4H3. The summed E-state index contributed by atoms with van der Waals surface area (Å²) in [6.45, 7) is 11.1. The maximum Gasteiger partial charge on any atom is 0.0529 e. The fraction of sp³-hybridized carbons (Fsp3) is 0.800. The van der Waals surface area contributed by atoms with Gasteiger partial charge in [-0.05, 0) is 64.2 Å². The van der Waals surface area contributed by atoms with Gasteiger partial charge in [0.2, 0.25) is 0 Å². The summed E-state index contributed by atoms with van der Waals surface area (Å²) in [7, 11) is 0. The van der Waals surface area contributed by atoms with E-state index in [1.165, 1.54) is 31.3 Å². The van der Waals surface area contributed by atoms with Crippen LogP contribution in [-0.2, 0) is 0 Å². The van der Waals surface area contributed by atoms with Crippen molar-refractivity contribution in [3.05, 3.63) is 23.3 Å². The number of nitrogens with zero attached hydrogens (tertiary/aromatic N) is 1. The molecule has 2 aliphatic carbocycles. The molecule has 5 atom stereocenters. The Bertz CT molecular complexity index is 564. The van der Waals surface area contributed by atoms with Crippen molar-refractivity contribution in [2.75, 3.05) is 13.2 Å². The molecule has 0 aromatic rings. The molecular formula is C20H31NO. The minimum absolute atomic E-state index is 0.0345. The van der Waals surface area contributed by atoms with Crippen LogP contribution in [0.3, 0.4) is 0 Å². The summed E-state index contributed by atoms with van der Waals surface area (Å²) in [5.41, 5.74) is 3.65. The molecule has 1 saturated heterocycles. The second-order valence-corrected chi connectivity index (χ2v) is 8.85. The summed E-state index contributed by atoms with van der Waals surface area (Å²) in [6.07, 6.45) is 11.0. The molecule has 22 heavy (non-hydrogen) atoms. The Balaban J connectivity index is 1.81. The smallest absolute Gasteiger partial charge is 0.0529 e. The van der Waals surface area contributed by atoms with Crippen molar-refractivity contribution in [2.24, 2.45) is 16.7 Å². The molecule has 0 amide bonds. The Kier molecular flexibility index (Phi) is 3.05. The van der Waals surface area contributed by atoms with Gasteiger partial charge in [-0.1, -0.05) is 30.2 Å². The van der Waals surface area contributed by atoms with Crippen LogP contribution in [0.4, 0.5) is 0 Å². The van der Waals surface area contributed by atoms with E-state index in [-0.39, 0.29) is 10.8 Å². The van der Waals surface area contributed by atoms with Crippen molar-refractivity contribution >= 4 is 0 Å². The van der Waals surface area contributed by atoms with Gasteiger partial charge in [-0.15, -0.1) is 0 Å². The Morgan fingerprint density at radius 2 is 1.95 bits per heavy atom. The van der Waals surface area contributed by atoms with Gasteiger partial charge in [0.25, 0.3) is 0 Å². The normalized spacial score (nSPS) is 51.0. The van der Waals surface area contributed by atoms with Crippen LogP contribution >= 0.6 is 0 Å². The van der Waals surface area contributed by atoms with Gasteiger partial charge >= 0.3 is 0 Å². The molecular weight excluding hydrogens is 270 g/mol. The van der Waals surface area contributed by atoms with E-state index in [1.54, 1.807) is 5.57 Å². The zero-order chi connectivity index (χ0) is 15.8. The van der Waals surface area contributed by atoms with E-state index in [4.69, 9.17) is 0 Å². The molecule has 2 nitrogen and oxygen atoms in total. The molecule has 4 aliphatic rings. The highest BCUT2D eigenvalue weighted by Gasteiger charge is 2.66. The number of rotatable bonds is 1. The summed E-state index contributed by atoms with van der Waals surface area (Å²) in [4.78, 5) is 2.78. The van der Waals surface area contributed by atoms with Crippen LogP contribution in [0.1, 0.15) is 59.8 Å². The predicted octanol–water partition coefficient (Wildman–Crippen LogP) is 3.91. The number of allylic oxidation sites excluding steroid dienone is 1. The molecule has 2 aliphatic heterocycles. The van der Waals surface area contributed by atoms with Gasteiger partial charge in [-0.2, -0.15) is 0 Å². The minimum Gasteiger partial charge on any atom is -0.395 e. The Morgan fingerprint density at radius 1 is 1.18 bits per heavy atom. The minimum atomic E-state index is 0.0345. The highest BCUT2D eigenvalue weighted by molar-refractivity contribution is 5.32. The van der Waals surface area contributed by atoms with E-state index in [0.717, 1.165) is 13.0 Å². The fourth-order valence-electron chi connectivity index (χ4n) is 6.89. The van der Waals surface area contributed by atoms with Crippen LogP contribution in [0.15, 0.2) is 23.3 Å². The van der Waals surface area contributed by atoms with E-state index in [9.17, 15) is 5.11 Å². The lowest BCUT2D eigenvalue weighted by molar-refractivity contribution is -0.116. The van der Waals surface area contributed by atoms with E-state index < -0.39 is 0 Å². The number of aliphatic hydroxyl groups excluding tert-OH is 1. The number of hydrogen-bond acceptors (Lipinski definition) is 2. The van der Waals surface area contributed by atoms with Crippen LogP contribution in [0, 0.1) is 16.7 Å². The molecule has 1 saturated carbocycles. The maximum absolute atomic E-state index is 10.4. The van der Waals surface area contributed by atoms with Crippen molar-refractivity contribution in [3.63, 3.8) is 0 Å². The number of aliphatic hydroxyl groups is 1. The molecule has 1 N–H and O–H groups in total. The first-order valence-electron chi connectivity index (χ1n) is 9.10. The molecule has 0 spiro atoms. The summed E-state index contributed by atoms with van der Waals surface area (Å²) in [5, 5.41) is 10.4. The predicted molar refractivity (Wildman–Crippen MR) is 90.6 cm³/mol. The third kappa shape index (κ3) is 1.49. The van der Waals surface area contributed by atoms with Gasteiger partial charge in [0, 0.05) is 23.5 Å². The van der Waals surface area contributed by atoms with Gasteiger partial charge in [0.05, 0.1) is 6.61 Å². The zero-order valence-electron chi connectivity index (χ0n) is 14.7. The molecule has 2 heteroatoms. The van der Waals surface area contributed by atoms with Crippen LogP contribution in [0.5, 0.6) is 0 Å². The lowest BCUT2D eigenvalue weighted by Crippen LogP contribution is -2.62. The largest absolute Gasteiger partial charge is 0.395 e. The lowest BCUT2D eigenvalue weighted by atomic mass is 9.43. The van der Waals surface area contributed by atoms with Crippen molar-refractivity contribution < 1.29 is 5.11 Å². The average Bonchev–Trinajstić information content (AvgIpc) is 2.99. The molecule has 0 aromatic heterocycles. The fourth-order valence-corrected chi connectivity index (χ4v) is 6.89. The first-order chi connectivity index (χ1) is 10.4. The van der Waals surface area contributed by atoms with E-state index in [1.807, 2.05) is 0 Å². The molecule has 122 valence electrons. The van der Waals surface area contributed by atoms with Crippen molar-refractivity contribution in [1.82, 2.24) is 4.90 Å². The Hall–Kier alpha value is -0.600. The summed E-state index contributed by atoms with van der Waals surface area (Å²) >= 11 is 0. The quantitative estimate of drug-likeness (QED) is 0.742. The number of hydrogen-bond donors (Lipinski definition) is 1. The SMILES string of the molecule is CC1=CCN2C1CC1C2(C)CCC2(CO)C(C)=CCCC12C. The highest BCUT2D eigenvalue weighted by Crippen LogP contribution is 2.68. The summed E-state index contributed by atoms with van der Waals surface area (Å²) < 4.78 is 0. The second kappa shape index (κ2) is 4.48. The third-order valence-electron chi connectivity index (χ3n) is 8.44. The van der Waals surface area contributed by atoms with Gasteiger partial charge in [-0.3, -0.25) is 4.90 Å². The summed E-state index contributed by atoms with van der Waals surface area (Å²) in [6, 6.07) is 0.660. The van der Waals surface area contributed by atoms with Crippen LogP contribution in [0.25, 0.3) is 0 Å². The maximum atomic E-state index is 10.4. The van der Waals surface area contributed by atoms with Crippen LogP contribution < -0.4 is 0 Å². The second-order valence-electron chi connectivity index (χ2n) is 8.85. The topological polar surface area (TPSA) is 23.5 Å². The number of fused-ring (bicyclic) bond motifs is 5. The van der Waals surface area contributed by atoms with Crippen LogP contribution in [-0.4, -0.2) is 34.7 Å². The van der Waals surface area contributed by atoms with E-state index >= 15 is 0 Å². The monoisotopic (exact) mass is 301 g/mol. The van der Waals surface area contributed by atoms with Crippen LogP contribution in [0.2, 0.25) is 0 Å². The lowest BCUT2D eigenvalue weighted by Gasteiger charge is -2.63. The van der Waals surface area contributed by atoms with Crippen molar-refractivity contribution in [2.45, 2.75) is 71.4 Å². The molecule has 4 rings (SSSR count). The molecule has 5 unspecified atom stereocenters. The van der Waals surface area contributed by atoms with Gasteiger partial charge < -0.3 is 5.11 Å². The highest BCUT2D eigenvalue weighted by atomic mass is 16.3. The van der Waals surface area contributed by atoms with Gasteiger partial charge in [0.15, 0.2) is 0 Å². The Morgan fingerprint density at radius 3 is 2.68 bits per heavy atom. The first-order valence-corrected chi connectivity index (χ1v) is 9.10. The molecule has 0 bridgehead atoms. The third-order valence-corrected chi connectivity index (χ3v) is 8.44. The molecule has 2 heterocycles. The first kappa shape index (κ1) is 15.0. The summed E-state index contributed by atoms with van der Waals surface area (Å²) in [5.74, 6) is 0.707. The van der Waals surface area contributed by atoms with E-state index in [0.29, 0.717) is 24.1 Å². The molecule has 2 fully saturated rings. The van der Waals surface area contributed by atoms with E-state index in [2.05, 4.69) is 44.7 Å². The zero-order valence-corrected chi connectivity index (χ0v) is 14.7. The van der Waals surface area contributed by atoms with Crippen molar-refractivity contribution in [3.8, 4) is 0 Å². The molecule has 0 aromatic carbocycles. The van der Waals surface area contributed by atoms with Gasteiger partial charge in [0.1, 0.15) is 0 Å². The molecule has 0 radical (unpaired) electrons. The van der Waals surface area contributed by atoms with Crippen molar-refractivity contribution in [1.29, 1.82) is 0 Å². The Labute approximate surface area is 135 Å². The van der Waals surface area contributed by atoms with Gasteiger partial charge in [-0.25, -0.2) is 0 Å².